The number of aromatic nitrogens is 1. The van der Waals surface area contributed by atoms with Gasteiger partial charge in [0.25, 0.3) is 0 Å². The van der Waals surface area contributed by atoms with Gasteiger partial charge in [0.1, 0.15) is 12.1 Å². The molecule has 0 spiro atoms. The molecule has 0 saturated heterocycles. The Hall–Kier alpha value is -3.93. The maximum absolute atomic E-state index is 13.7. The average Bonchev–Trinajstić information content (AvgIpc) is 3.36. The molecule has 1 aromatic heterocycles. The SMILES string of the molecule is CCCN(CCC)C(=O)C(Cc1c[nH]c2ccccc12)NC(=O)[C@H](CCCNC)NC(=O)CNC(=O)CNC=O. The molecule has 0 radical (unpaired) electrons. The van der Waals surface area contributed by atoms with Crippen molar-refractivity contribution in [2.75, 3.05) is 39.8 Å². The Labute approximate surface area is 235 Å². The summed E-state index contributed by atoms with van der Waals surface area (Å²) in [4.78, 5) is 66.9. The minimum atomic E-state index is -0.907. The van der Waals surface area contributed by atoms with Crippen molar-refractivity contribution in [1.82, 2.24) is 36.5 Å². The number of hydrogen-bond donors (Lipinski definition) is 6. The van der Waals surface area contributed by atoms with Gasteiger partial charge >= 0.3 is 0 Å². The van der Waals surface area contributed by atoms with E-state index in [0.717, 1.165) is 29.3 Å². The summed E-state index contributed by atoms with van der Waals surface area (Å²) in [6.07, 6.45) is 5.04. The zero-order chi connectivity index (χ0) is 29.3. The van der Waals surface area contributed by atoms with Gasteiger partial charge in [-0.05, 0) is 50.9 Å². The quantitative estimate of drug-likeness (QED) is 0.107. The monoisotopic (exact) mass is 557 g/mol. The lowest BCUT2D eigenvalue weighted by molar-refractivity contribution is -0.137. The highest BCUT2D eigenvalue weighted by Gasteiger charge is 2.30. The van der Waals surface area contributed by atoms with Crippen molar-refractivity contribution in [3.8, 4) is 0 Å². The molecule has 2 atom stereocenters. The van der Waals surface area contributed by atoms with Crippen LogP contribution in [0.5, 0.6) is 0 Å². The van der Waals surface area contributed by atoms with Crippen molar-refractivity contribution >= 4 is 40.9 Å². The highest BCUT2D eigenvalue weighted by atomic mass is 16.2. The number of H-pyrrole nitrogens is 1. The molecule has 12 nitrogen and oxygen atoms in total. The highest BCUT2D eigenvalue weighted by Crippen LogP contribution is 2.20. The molecule has 6 N–H and O–H groups in total. The smallest absolute Gasteiger partial charge is 0.245 e. The third kappa shape index (κ3) is 10.3. The normalized spacial score (nSPS) is 12.3. The van der Waals surface area contributed by atoms with Crippen molar-refractivity contribution < 1.29 is 24.0 Å². The molecule has 220 valence electrons. The Balaban J connectivity index is 2.23. The van der Waals surface area contributed by atoms with Gasteiger partial charge in [0.15, 0.2) is 0 Å². The molecule has 1 heterocycles. The van der Waals surface area contributed by atoms with Crippen molar-refractivity contribution in [2.45, 2.75) is 58.0 Å². The molecule has 1 aromatic carbocycles. The molecule has 0 aliphatic carbocycles. The summed E-state index contributed by atoms with van der Waals surface area (Å²) in [5, 5.41) is 14.2. The van der Waals surface area contributed by atoms with Gasteiger partial charge < -0.3 is 36.5 Å². The number of amides is 5. The zero-order valence-electron chi connectivity index (χ0n) is 23.7. The van der Waals surface area contributed by atoms with Crippen LogP contribution in [-0.4, -0.2) is 91.8 Å². The molecule has 0 bridgehead atoms. The average molecular weight is 558 g/mol. The van der Waals surface area contributed by atoms with Crippen LogP contribution in [0.15, 0.2) is 30.5 Å². The van der Waals surface area contributed by atoms with Crippen LogP contribution in [0.25, 0.3) is 10.9 Å². The Morgan fingerprint density at radius 3 is 2.38 bits per heavy atom. The third-order valence-electron chi connectivity index (χ3n) is 6.38. The topological polar surface area (TPSA) is 165 Å². The molecule has 0 saturated carbocycles. The summed E-state index contributed by atoms with van der Waals surface area (Å²) in [6, 6.07) is 6.04. The van der Waals surface area contributed by atoms with Gasteiger partial charge in [0.2, 0.25) is 30.0 Å². The number of aromatic amines is 1. The molecule has 2 rings (SSSR count). The van der Waals surface area contributed by atoms with Gasteiger partial charge in [0.05, 0.1) is 13.1 Å². The number of carbonyl (C=O) groups excluding carboxylic acids is 5. The van der Waals surface area contributed by atoms with Crippen molar-refractivity contribution in [1.29, 1.82) is 0 Å². The minimum absolute atomic E-state index is 0.169. The van der Waals surface area contributed by atoms with Crippen molar-refractivity contribution in [2.24, 2.45) is 0 Å². The van der Waals surface area contributed by atoms with E-state index in [-0.39, 0.29) is 25.4 Å². The van der Waals surface area contributed by atoms with Crippen LogP contribution in [0.4, 0.5) is 0 Å². The fourth-order valence-corrected chi connectivity index (χ4v) is 4.46. The maximum Gasteiger partial charge on any atom is 0.245 e. The Morgan fingerprint density at radius 2 is 1.70 bits per heavy atom. The van der Waals surface area contributed by atoms with E-state index in [1.165, 1.54) is 0 Å². The van der Waals surface area contributed by atoms with Gasteiger partial charge in [-0.2, -0.15) is 0 Å². The number of fused-ring (bicyclic) bond motifs is 1. The molecule has 40 heavy (non-hydrogen) atoms. The van der Waals surface area contributed by atoms with E-state index in [1.54, 1.807) is 11.9 Å². The van der Waals surface area contributed by atoms with Crippen LogP contribution >= 0.6 is 0 Å². The Morgan fingerprint density at radius 1 is 0.975 bits per heavy atom. The van der Waals surface area contributed by atoms with Crippen molar-refractivity contribution in [3.05, 3.63) is 36.0 Å². The number of benzene rings is 1. The number of para-hydroxylation sites is 1. The number of nitrogens with one attached hydrogen (secondary N) is 6. The largest absolute Gasteiger partial charge is 0.361 e. The lowest BCUT2D eigenvalue weighted by atomic mass is 10.0. The molecule has 0 aliphatic rings. The van der Waals surface area contributed by atoms with E-state index in [4.69, 9.17) is 0 Å². The molecule has 0 fully saturated rings. The Bertz CT molecular complexity index is 1110. The Kier molecular flexibility index (Phi) is 14.2. The lowest BCUT2D eigenvalue weighted by Crippen LogP contribution is -2.56. The number of nitrogens with zero attached hydrogens (tertiary/aromatic N) is 1. The van der Waals surface area contributed by atoms with Crippen LogP contribution in [0, 0.1) is 0 Å². The zero-order valence-corrected chi connectivity index (χ0v) is 23.7. The van der Waals surface area contributed by atoms with Gasteiger partial charge in [-0.1, -0.05) is 32.0 Å². The van der Waals surface area contributed by atoms with Crippen LogP contribution in [0.2, 0.25) is 0 Å². The van der Waals surface area contributed by atoms with Gasteiger partial charge in [0, 0.05) is 36.6 Å². The first kappa shape index (κ1) is 32.3. The highest BCUT2D eigenvalue weighted by molar-refractivity contribution is 5.94. The number of hydrogen-bond acceptors (Lipinski definition) is 6. The predicted molar refractivity (Wildman–Crippen MR) is 153 cm³/mol. The number of carbonyl (C=O) groups is 5. The molecule has 1 unspecified atom stereocenters. The van der Waals surface area contributed by atoms with E-state index < -0.39 is 29.8 Å². The summed E-state index contributed by atoms with van der Waals surface area (Å²) in [5.74, 6) is -1.72. The molecular formula is C28H43N7O5. The predicted octanol–water partition coefficient (Wildman–Crippen LogP) is 0.190. The maximum atomic E-state index is 13.7. The first-order valence-electron chi connectivity index (χ1n) is 13.9. The van der Waals surface area contributed by atoms with E-state index >= 15 is 0 Å². The summed E-state index contributed by atoms with van der Waals surface area (Å²) in [5.41, 5.74) is 1.85. The molecule has 12 heteroatoms. The van der Waals surface area contributed by atoms with E-state index in [1.807, 2.05) is 44.3 Å². The second kappa shape index (κ2) is 17.6. The fraction of sp³-hybridized carbons (Fsp3) is 0.536. The first-order chi connectivity index (χ1) is 19.3. The second-order valence-corrected chi connectivity index (χ2v) is 9.59. The van der Waals surface area contributed by atoms with E-state index in [2.05, 4.69) is 31.6 Å². The van der Waals surface area contributed by atoms with E-state index in [9.17, 15) is 24.0 Å². The summed E-state index contributed by atoms with van der Waals surface area (Å²) in [6.45, 7) is 5.18. The van der Waals surface area contributed by atoms with Gasteiger partial charge in [-0.15, -0.1) is 0 Å². The molecule has 0 aliphatic heterocycles. The van der Waals surface area contributed by atoms with Crippen LogP contribution in [0.1, 0.15) is 45.1 Å². The summed E-state index contributed by atoms with van der Waals surface area (Å²) in [7, 11) is 1.79. The molecule has 5 amide bonds. The van der Waals surface area contributed by atoms with Crippen molar-refractivity contribution in [3.63, 3.8) is 0 Å². The van der Waals surface area contributed by atoms with Gasteiger partial charge in [-0.25, -0.2) is 0 Å². The first-order valence-corrected chi connectivity index (χ1v) is 13.9. The summed E-state index contributed by atoms with van der Waals surface area (Å²) >= 11 is 0. The van der Waals surface area contributed by atoms with Crippen LogP contribution in [0.3, 0.4) is 0 Å². The van der Waals surface area contributed by atoms with E-state index in [0.29, 0.717) is 38.9 Å². The number of rotatable bonds is 19. The van der Waals surface area contributed by atoms with Crippen LogP contribution < -0.4 is 26.6 Å². The van der Waals surface area contributed by atoms with Crippen LogP contribution in [-0.2, 0) is 30.4 Å². The third-order valence-corrected chi connectivity index (χ3v) is 6.38. The molecule has 2 aromatic rings. The minimum Gasteiger partial charge on any atom is -0.361 e. The standard InChI is InChI=1S/C28H43N7O5/c1-4-13-35(14-5-2)28(40)24(15-20-16-31-22-10-7-6-9-21(20)22)34-27(39)23(11-8-12-29-3)33-26(38)18-32-25(37)17-30-19-36/h6-7,9-10,16,19,23-24,29,31H,4-5,8,11-15,17-18H2,1-3H3,(H,30,36)(H,32,37)(H,33,38)(H,34,39)/t23-,24?/m0/s1. The lowest BCUT2D eigenvalue weighted by Gasteiger charge is -2.29. The fourth-order valence-electron chi connectivity index (χ4n) is 4.46. The molecular weight excluding hydrogens is 514 g/mol. The summed E-state index contributed by atoms with van der Waals surface area (Å²) < 4.78 is 0. The second-order valence-electron chi connectivity index (χ2n) is 9.59. The van der Waals surface area contributed by atoms with Gasteiger partial charge in [-0.3, -0.25) is 24.0 Å².